The SMILES string of the molecule is CC[C@H](C)[C@@H]1N/C=C(/C(=O)N2CCC[C@H]2C(=O)N[C@@H](Cc2ccccc2)C(=O)N[C@@H](CC(C)C)C(=O)O)NC(=O)[C@H](CC(C)C)NC(=O)[C@@H]2CCCN2C(=O)[C@@H]2CCCN2C(=O)[C@H](CC(C)C)NC(=O)[C@H](C(C)C)NC(=O)[C@@H]2C[C@@H](O)CN2C1=O. The number of amides is 10. The smallest absolute Gasteiger partial charge is 0.326 e. The lowest BCUT2D eigenvalue weighted by Gasteiger charge is -2.35. The summed E-state index contributed by atoms with van der Waals surface area (Å²) in [6, 6.07) is -3.04. The molecule has 470 valence electrons. The number of rotatable bonds is 17. The number of nitrogens with one attached hydrogen (secondary N) is 7. The average molecular weight is 1190 g/mol. The maximum Gasteiger partial charge on any atom is 0.326 e. The van der Waals surface area contributed by atoms with E-state index in [-0.39, 0.29) is 88.9 Å². The molecule has 10 amide bonds. The maximum atomic E-state index is 15.3. The van der Waals surface area contributed by atoms with E-state index in [0.717, 1.165) is 6.20 Å². The van der Waals surface area contributed by atoms with Gasteiger partial charge in [0.25, 0.3) is 5.91 Å². The van der Waals surface area contributed by atoms with Gasteiger partial charge >= 0.3 is 5.97 Å². The molecule has 24 nitrogen and oxygen atoms in total. The van der Waals surface area contributed by atoms with Crippen LogP contribution in [0.5, 0.6) is 0 Å². The minimum Gasteiger partial charge on any atom is -0.480 e. The molecule has 1 aromatic carbocycles. The van der Waals surface area contributed by atoms with E-state index in [9.17, 15) is 53.4 Å². The molecule has 0 saturated carbocycles. The first-order chi connectivity index (χ1) is 40.2. The number of hydrogen-bond donors (Lipinski definition) is 9. The monoisotopic (exact) mass is 1190 g/mol. The molecule has 24 heteroatoms. The summed E-state index contributed by atoms with van der Waals surface area (Å²) >= 11 is 0. The topological polar surface area (TPSA) is 325 Å². The van der Waals surface area contributed by atoms with Crippen molar-refractivity contribution in [3.05, 3.63) is 47.8 Å². The van der Waals surface area contributed by atoms with Gasteiger partial charge in [0, 0.05) is 45.2 Å². The van der Waals surface area contributed by atoms with E-state index in [1.807, 2.05) is 48.5 Å². The van der Waals surface area contributed by atoms with Crippen LogP contribution in [0.4, 0.5) is 0 Å². The second-order valence-corrected chi connectivity index (χ2v) is 25.4. The highest BCUT2D eigenvalue weighted by atomic mass is 16.4. The third-order valence-corrected chi connectivity index (χ3v) is 16.9. The van der Waals surface area contributed by atoms with E-state index in [1.165, 1.54) is 19.6 Å². The number of carboxylic acids is 1. The van der Waals surface area contributed by atoms with Crippen LogP contribution in [0.25, 0.3) is 0 Å². The first kappa shape index (κ1) is 67.0. The minimum atomic E-state index is -1.30. The van der Waals surface area contributed by atoms with Crippen LogP contribution in [-0.4, -0.2) is 188 Å². The van der Waals surface area contributed by atoms with Crippen LogP contribution < -0.4 is 37.2 Å². The van der Waals surface area contributed by atoms with Gasteiger partial charge in [-0.1, -0.05) is 106 Å². The fourth-order valence-electron chi connectivity index (χ4n) is 12.2. The third kappa shape index (κ3) is 17.3. The number of aliphatic carboxylic acids is 1. The normalized spacial score (nSPS) is 27.6. The van der Waals surface area contributed by atoms with Gasteiger partial charge < -0.3 is 67.0 Å². The van der Waals surface area contributed by atoms with Crippen LogP contribution in [0, 0.1) is 29.6 Å². The Kier molecular flexibility index (Phi) is 23.9. The number of aliphatic hydroxyl groups excluding tert-OH is 1. The van der Waals surface area contributed by atoms with Gasteiger partial charge in [0.2, 0.25) is 53.2 Å². The van der Waals surface area contributed by atoms with E-state index in [1.54, 1.807) is 51.1 Å². The first-order valence-electron chi connectivity index (χ1n) is 30.7. The summed E-state index contributed by atoms with van der Waals surface area (Å²) in [5.41, 5.74) is 0.230. The summed E-state index contributed by atoms with van der Waals surface area (Å²) in [5.74, 6) is -9.51. The fourth-order valence-corrected chi connectivity index (χ4v) is 12.2. The van der Waals surface area contributed by atoms with Crippen molar-refractivity contribution in [1.82, 2.24) is 56.8 Å². The van der Waals surface area contributed by atoms with Crippen LogP contribution in [0.1, 0.15) is 145 Å². The molecular formula is C61H93N11O13. The number of benzene rings is 1. The number of likely N-dealkylation sites (tertiary alicyclic amines) is 1. The lowest BCUT2D eigenvalue weighted by molar-refractivity contribution is -0.148. The molecule has 0 bridgehead atoms. The Labute approximate surface area is 499 Å². The predicted octanol–water partition coefficient (Wildman–Crippen LogP) is 1.44. The molecule has 6 rings (SSSR count). The fraction of sp³-hybridized carbons (Fsp3) is 0.689. The highest BCUT2D eigenvalue weighted by Gasteiger charge is 2.47. The summed E-state index contributed by atoms with van der Waals surface area (Å²) in [7, 11) is 0. The van der Waals surface area contributed by atoms with Crippen molar-refractivity contribution in [1.29, 1.82) is 0 Å². The molecule has 1 aromatic rings. The van der Waals surface area contributed by atoms with Gasteiger partial charge in [-0.05, 0) is 92.9 Å². The van der Waals surface area contributed by atoms with Crippen LogP contribution >= 0.6 is 0 Å². The number of aliphatic hydroxyl groups is 1. The molecule has 0 radical (unpaired) electrons. The Balaban J connectivity index is 1.41. The zero-order chi connectivity index (χ0) is 62.6. The Morgan fingerprint density at radius 2 is 1.24 bits per heavy atom. The van der Waals surface area contributed by atoms with E-state index in [4.69, 9.17) is 0 Å². The Bertz CT molecular complexity index is 2630. The van der Waals surface area contributed by atoms with Crippen LogP contribution in [0.2, 0.25) is 0 Å². The number of hydrogen-bond acceptors (Lipinski definition) is 13. The van der Waals surface area contributed by atoms with Gasteiger partial charge in [0.1, 0.15) is 66.1 Å². The van der Waals surface area contributed by atoms with Gasteiger partial charge in [0.15, 0.2) is 0 Å². The van der Waals surface area contributed by atoms with Gasteiger partial charge in [-0.3, -0.25) is 47.9 Å². The third-order valence-electron chi connectivity index (χ3n) is 16.9. The van der Waals surface area contributed by atoms with Crippen LogP contribution in [0.15, 0.2) is 42.2 Å². The Hall–Kier alpha value is -7.11. The summed E-state index contributed by atoms with van der Waals surface area (Å²) in [5, 5.41) is 40.9. The summed E-state index contributed by atoms with van der Waals surface area (Å²) < 4.78 is 0. The van der Waals surface area contributed by atoms with Crippen molar-refractivity contribution in [3.8, 4) is 0 Å². The molecule has 5 heterocycles. The quantitative estimate of drug-likeness (QED) is 0.107. The van der Waals surface area contributed by atoms with Crippen molar-refractivity contribution in [2.75, 3.05) is 26.2 Å². The van der Waals surface area contributed by atoms with Crippen molar-refractivity contribution >= 4 is 65.0 Å². The van der Waals surface area contributed by atoms with Crippen molar-refractivity contribution in [2.45, 2.75) is 213 Å². The maximum absolute atomic E-state index is 15.3. The van der Waals surface area contributed by atoms with Gasteiger partial charge in [-0.2, -0.15) is 0 Å². The van der Waals surface area contributed by atoms with Crippen LogP contribution in [-0.2, 0) is 59.2 Å². The lowest BCUT2D eigenvalue weighted by Crippen LogP contribution is -2.60. The summed E-state index contributed by atoms with van der Waals surface area (Å²) in [4.78, 5) is 164. The van der Waals surface area contributed by atoms with Crippen molar-refractivity contribution in [3.63, 3.8) is 0 Å². The number of carbonyl (C=O) groups excluding carboxylic acids is 10. The van der Waals surface area contributed by atoms with Crippen molar-refractivity contribution in [2.24, 2.45) is 29.6 Å². The standard InChI is InChI=1S/C61H93N11O13/c1-11-37(10)50-60(83)72-32-39(73)30-48(72)55(78)68-49(36(8)9)56(79)65-42(27-34(4)5)57(80)71-25-17-22-47(71)59(82)70-24-16-21-46(70)54(77)63-40(26-33(2)3)51(74)67-44(31-62-50)58(81)69-23-15-20-45(69)53(76)64-41(29-38-18-13-12-14-19-38)52(75)66-43(61(84)85)28-35(6)7/h12-14,18-19,31,33-37,39-43,45-50,62,73H,11,15-17,20-30,32H2,1-10H3,(H,63,77)(H,64,76)(H,65,79)(H,66,75)(H,67,74)(H,68,78)(H,84,85)/b44-31-/t37-,39+,40-,41-,42-,43-,45-,46-,47-,48-,49-,50-/m0/s1. The number of fused-ring (bicyclic) bond motifs is 3. The predicted molar refractivity (Wildman–Crippen MR) is 314 cm³/mol. The Morgan fingerprint density at radius 1 is 0.635 bits per heavy atom. The second-order valence-electron chi connectivity index (χ2n) is 25.4. The largest absolute Gasteiger partial charge is 0.480 e. The number of carbonyl (C=O) groups is 11. The molecule has 0 spiro atoms. The molecule has 9 N–H and O–H groups in total. The molecule has 85 heavy (non-hydrogen) atoms. The molecule has 0 aliphatic carbocycles. The first-order valence-corrected chi connectivity index (χ1v) is 30.7. The molecule has 12 atom stereocenters. The van der Waals surface area contributed by atoms with Crippen molar-refractivity contribution < 1.29 is 63.0 Å². The van der Waals surface area contributed by atoms with Gasteiger partial charge in [0.05, 0.1) is 6.10 Å². The molecule has 0 aromatic heterocycles. The Morgan fingerprint density at radius 3 is 1.85 bits per heavy atom. The van der Waals surface area contributed by atoms with Gasteiger partial charge in [-0.25, -0.2) is 4.79 Å². The van der Waals surface area contributed by atoms with E-state index in [0.29, 0.717) is 37.7 Å². The highest BCUT2D eigenvalue weighted by Crippen LogP contribution is 2.29. The zero-order valence-electron chi connectivity index (χ0n) is 51.2. The number of carboxylic acid groups (broad SMARTS) is 1. The lowest BCUT2D eigenvalue weighted by atomic mass is 9.97. The summed E-state index contributed by atoms with van der Waals surface area (Å²) in [6.45, 7) is 18.2. The summed E-state index contributed by atoms with van der Waals surface area (Å²) in [6.07, 6.45) is 2.47. The molecule has 4 fully saturated rings. The van der Waals surface area contributed by atoms with E-state index >= 15 is 9.59 Å². The van der Waals surface area contributed by atoms with Crippen LogP contribution in [0.3, 0.4) is 0 Å². The second kappa shape index (κ2) is 30.3. The highest BCUT2D eigenvalue weighted by molar-refractivity contribution is 6.03. The van der Waals surface area contributed by atoms with Gasteiger partial charge in [-0.15, -0.1) is 0 Å². The number of nitrogens with zero attached hydrogens (tertiary/aromatic N) is 4. The molecule has 5 aliphatic rings. The van der Waals surface area contributed by atoms with E-state index in [2.05, 4.69) is 37.2 Å². The molecular weight excluding hydrogens is 1090 g/mol. The average Bonchev–Trinajstić information content (AvgIpc) is 2.93. The molecule has 5 aliphatic heterocycles. The molecule has 0 unspecified atom stereocenters. The zero-order valence-corrected chi connectivity index (χ0v) is 51.2. The van der Waals surface area contributed by atoms with E-state index < -0.39 is 149 Å². The minimum absolute atomic E-state index is 0.000827. The molecule has 4 saturated heterocycles.